The number of benzene rings is 1. The lowest BCUT2D eigenvalue weighted by Crippen LogP contribution is -2.20. The van der Waals surface area contributed by atoms with E-state index in [2.05, 4.69) is 19.9 Å². The molecule has 3 heterocycles. The molecule has 0 aliphatic heterocycles. The largest absolute Gasteiger partial charge is 0.382 e. The lowest BCUT2D eigenvalue weighted by atomic mass is 10.2. The third-order valence-electron chi connectivity index (χ3n) is 3.53. The van der Waals surface area contributed by atoms with Gasteiger partial charge in [-0.3, -0.25) is 4.79 Å². The number of hydrogen-bond acceptors (Lipinski definition) is 6. The van der Waals surface area contributed by atoms with E-state index in [0.29, 0.717) is 33.7 Å². The lowest BCUT2D eigenvalue weighted by molar-refractivity contribution is 0.742. The Morgan fingerprint density at radius 1 is 1.17 bits per heavy atom. The van der Waals surface area contributed by atoms with Gasteiger partial charge in [-0.1, -0.05) is 12.1 Å². The smallest absolute Gasteiger partial charge is 0.276 e. The van der Waals surface area contributed by atoms with Crippen LogP contribution < -0.4 is 11.3 Å². The van der Waals surface area contributed by atoms with Crippen LogP contribution in [0.1, 0.15) is 5.82 Å². The number of nitrogen functional groups attached to an aromatic ring is 1. The first-order valence-electron chi connectivity index (χ1n) is 6.73. The van der Waals surface area contributed by atoms with Crippen molar-refractivity contribution in [1.82, 2.24) is 28.6 Å². The number of aromatic nitrogens is 6. The van der Waals surface area contributed by atoms with Gasteiger partial charge >= 0.3 is 0 Å². The van der Waals surface area contributed by atoms with E-state index in [1.807, 2.05) is 6.07 Å². The minimum Gasteiger partial charge on any atom is -0.382 e. The van der Waals surface area contributed by atoms with Gasteiger partial charge in [0.05, 0.1) is 23.8 Å². The fourth-order valence-electron chi connectivity index (χ4n) is 2.42. The van der Waals surface area contributed by atoms with Gasteiger partial charge in [0.15, 0.2) is 11.5 Å². The van der Waals surface area contributed by atoms with E-state index in [1.165, 1.54) is 6.33 Å². The van der Waals surface area contributed by atoms with Gasteiger partial charge in [0.25, 0.3) is 5.56 Å². The third-order valence-corrected chi connectivity index (χ3v) is 3.88. The summed E-state index contributed by atoms with van der Waals surface area (Å²) in [4.78, 5) is 29.0. The highest BCUT2D eigenvalue weighted by Crippen LogP contribution is 2.16. The van der Waals surface area contributed by atoms with Gasteiger partial charge in [0.1, 0.15) is 17.7 Å². The van der Waals surface area contributed by atoms with Crippen LogP contribution in [0.25, 0.3) is 22.1 Å². The highest BCUT2D eigenvalue weighted by Gasteiger charge is 2.13. The maximum absolute atomic E-state index is 12.3. The number of para-hydroxylation sites is 1. The summed E-state index contributed by atoms with van der Waals surface area (Å²) in [5.74, 6) is 0.676. The van der Waals surface area contributed by atoms with Crippen molar-refractivity contribution in [3.05, 3.63) is 53.1 Å². The molecule has 0 bridgehead atoms. The quantitative estimate of drug-likeness (QED) is 0.592. The number of anilines is 1. The average molecular weight is 328 g/mol. The Kier molecular flexibility index (Phi) is 2.98. The number of nitrogens with two attached hydrogens (primary N) is 1. The molecule has 8 nitrogen and oxygen atoms in total. The zero-order chi connectivity index (χ0) is 16.0. The summed E-state index contributed by atoms with van der Waals surface area (Å²) in [7, 11) is 0. The molecule has 23 heavy (non-hydrogen) atoms. The summed E-state index contributed by atoms with van der Waals surface area (Å²) in [6.07, 6.45) is 2.92. The molecule has 0 atom stereocenters. The van der Waals surface area contributed by atoms with E-state index in [1.54, 1.807) is 29.1 Å². The molecule has 0 saturated heterocycles. The molecular formula is C14H10ClN7O. The first kappa shape index (κ1) is 13.6. The van der Waals surface area contributed by atoms with E-state index < -0.39 is 0 Å². The van der Waals surface area contributed by atoms with Crippen molar-refractivity contribution in [2.75, 3.05) is 5.73 Å². The number of fused-ring (bicyclic) bond motifs is 2. The van der Waals surface area contributed by atoms with Crippen molar-refractivity contribution in [2.45, 2.75) is 6.54 Å². The Morgan fingerprint density at radius 2 is 2.00 bits per heavy atom. The molecule has 0 radical (unpaired) electrons. The van der Waals surface area contributed by atoms with Gasteiger partial charge in [-0.25, -0.2) is 24.0 Å². The van der Waals surface area contributed by atoms with Crippen LogP contribution in [0.3, 0.4) is 0 Å². The molecule has 0 amide bonds. The molecule has 9 heteroatoms. The van der Waals surface area contributed by atoms with Gasteiger partial charge in [-0.15, -0.1) is 0 Å². The standard InChI is InChI=1S/C14H10ClN7O/c15-22-10(20-9-4-2-1-3-8(9)14(22)23)5-21-7-19-11-12(16)17-6-18-13(11)21/h1-4,6-7H,5H2,(H2,16,17,18). The van der Waals surface area contributed by atoms with Crippen LogP contribution in [0.5, 0.6) is 0 Å². The minimum atomic E-state index is -0.314. The molecule has 0 spiro atoms. The van der Waals surface area contributed by atoms with Gasteiger partial charge in [-0.05, 0) is 12.1 Å². The molecule has 114 valence electrons. The topological polar surface area (TPSA) is 105 Å². The van der Waals surface area contributed by atoms with Crippen LogP contribution in [-0.4, -0.2) is 28.6 Å². The minimum absolute atomic E-state index is 0.233. The number of imidazole rings is 1. The summed E-state index contributed by atoms with van der Waals surface area (Å²) < 4.78 is 2.72. The van der Waals surface area contributed by atoms with Gasteiger partial charge in [0.2, 0.25) is 0 Å². The monoisotopic (exact) mass is 327 g/mol. The summed E-state index contributed by atoms with van der Waals surface area (Å²) in [5, 5.41) is 0.466. The Bertz CT molecular complexity index is 1100. The molecule has 3 aromatic heterocycles. The van der Waals surface area contributed by atoms with Crippen molar-refractivity contribution < 1.29 is 0 Å². The molecular weight excluding hydrogens is 318 g/mol. The molecule has 2 N–H and O–H groups in total. The fraction of sp³-hybridized carbons (Fsp3) is 0.0714. The molecule has 0 aliphatic rings. The van der Waals surface area contributed by atoms with E-state index in [9.17, 15) is 4.79 Å². The second-order valence-corrected chi connectivity index (χ2v) is 5.27. The zero-order valence-electron chi connectivity index (χ0n) is 11.7. The predicted octanol–water partition coefficient (Wildman–Crippen LogP) is 1.17. The van der Waals surface area contributed by atoms with Crippen LogP contribution in [0.15, 0.2) is 41.7 Å². The van der Waals surface area contributed by atoms with Gasteiger partial charge < -0.3 is 10.3 Å². The lowest BCUT2D eigenvalue weighted by Gasteiger charge is -2.08. The predicted molar refractivity (Wildman–Crippen MR) is 86.1 cm³/mol. The summed E-state index contributed by atoms with van der Waals surface area (Å²) in [6.45, 7) is 0.233. The van der Waals surface area contributed by atoms with E-state index in [4.69, 9.17) is 17.5 Å². The second kappa shape index (κ2) is 5.03. The highest BCUT2D eigenvalue weighted by molar-refractivity contribution is 6.16. The second-order valence-electron chi connectivity index (χ2n) is 4.93. The molecule has 4 rings (SSSR count). The van der Waals surface area contributed by atoms with Crippen LogP contribution >= 0.6 is 11.8 Å². The Balaban J connectivity index is 1.88. The normalized spacial score (nSPS) is 11.3. The summed E-state index contributed by atoms with van der Waals surface area (Å²) in [5.41, 5.74) is 7.09. The van der Waals surface area contributed by atoms with Crippen molar-refractivity contribution in [3.63, 3.8) is 0 Å². The molecule has 4 aromatic rings. The van der Waals surface area contributed by atoms with E-state index >= 15 is 0 Å². The van der Waals surface area contributed by atoms with Crippen LogP contribution in [-0.2, 0) is 6.54 Å². The number of nitrogens with zero attached hydrogens (tertiary/aromatic N) is 6. The fourth-order valence-corrected chi connectivity index (χ4v) is 2.60. The molecule has 0 unspecified atom stereocenters. The number of rotatable bonds is 2. The SMILES string of the molecule is Nc1ncnc2c1ncn2Cc1nc2ccccc2c(=O)n1Cl. The van der Waals surface area contributed by atoms with Crippen LogP contribution in [0.2, 0.25) is 0 Å². The first-order valence-corrected chi connectivity index (χ1v) is 7.07. The maximum atomic E-state index is 12.3. The maximum Gasteiger partial charge on any atom is 0.276 e. The molecule has 0 aliphatic carbocycles. The van der Waals surface area contributed by atoms with Gasteiger partial charge in [0, 0.05) is 11.8 Å². The Labute approximate surface area is 134 Å². The molecule has 1 aromatic carbocycles. The zero-order valence-corrected chi connectivity index (χ0v) is 12.5. The third kappa shape index (κ3) is 2.11. The van der Waals surface area contributed by atoms with Gasteiger partial charge in [-0.2, -0.15) is 0 Å². The summed E-state index contributed by atoms with van der Waals surface area (Å²) in [6, 6.07) is 7.04. The number of hydrogen-bond donors (Lipinski definition) is 1. The van der Waals surface area contributed by atoms with Crippen molar-refractivity contribution in [2.24, 2.45) is 0 Å². The Hall–Kier alpha value is -3.00. The van der Waals surface area contributed by atoms with Crippen LogP contribution in [0.4, 0.5) is 5.82 Å². The molecule has 0 fully saturated rings. The van der Waals surface area contributed by atoms with Crippen molar-refractivity contribution >= 4 is 39.7 Å². The highest BCUT2D eigenvalue weighted by atomic mass is 35.5. The van der Waals surface area contributed by atoms with Crippen molar-refractivity contribution in [1.29, 1.82) is 0 Å². The van der Waals surface area contributed by atoms with E-state index in [0.717, 1.165) is 4.09 Å². The van der Waals surface area contributed by atoms with E-state index in [-0.39, 0.29) is 12.1 Å². The Morgan fingerprint density at radius 3 is 2.87 bits per heavy atom. The number of halogens is 1. The summed E-state index contributed by atoms with van der Waals surface area (Å²) >= 11 is 6.12. The molecule has 0 saturated carbocycles. The average Bonchev–Trinajstić information content (AvgIpc) is 2.97. The van der Waals surface area contributed by atoms with Crippen molar-refractivity contribution in [3.8, 4) is 0 Å². The first-order chi connectivity index (χ1) is 11.1. The van der Waals surface area contributed by atoms with Crippen LogP contribution in [0, 0.1) is 0 Å².